The Balaban J connectivity index is 2.21. The van der Waals surface area contributed by atoms with Gasteiger partial charge in [0.05, 0.1) is 23.5 Å². The molecule has 3 rings (SSSR count). The Hall–Kier alpha value is -2.32. The minimum absolute atomic E-state index is 0.0774. The molecule has 0 aliphatic rings. The van der Waals surface area contributed by atoms with Crippen LogP contribution in [-0.4, -0.2) is 38.6 Å². The lowest BCUT2D eigenvalue weighted by molar-refractivity contribution is -0.145. The van der Waals surface area contributed by atoms with E-state index >= 15 is 0 Å². The van der Waals surface area contributed by atoms with Crippen molar-refractivity contribution in [2.45, 2.75) is 83.0 Å². The van der Waals surface area contributed by atoms with Gasteiger partial charge in [-0.3, -0.25) is 9.78 Å². The molecule has 2 aromatic heterocycles. The molecule has 0 fully saturated rings. The van der Waals surface area contributed by atoms with Gasteiger partial charge in [0.15, 0.2) is 0 Å². The summed E-state index contributed by atoms with van der Waals surface area (Å²) < 4.78 is 12.6. The van der Waals surface area contributed by atoms with E-state index in [1.54, 1.807) is 17.7 Å². The highest BCUT2D eigenvalue weighted by atomic mass is 79.9. The second-order valence-corrected chi connectivity index (χ2v) is 13.7. The number of carbonyl (C=O) groups excluding carboxylic acids is 2. The van der Waals surface area contributed by atoms with E-state index in [2.05, 4.69) is 41.7 Å². The molecule has 0 spiro atoms. The van der Waals surface area contributed by atoms with Crippen LogP contribution in [0.3, 0.4) is 0 Å². The molecule has 1 aromatic carbocycles. The van der Waals surface area contributed by atoms with Gasteiger partial charge in [0, 0.05) is 21.0 Å². The molecule has 194 valence electrons. The smallest absolute Gasteiger partial charge is 0.419 e. The molecule has 0 aliphatic heterocycles. The fraction of sp³-hybridized carbons (Fsp3) is 0.464. The van der Waals surface area contributed by atoms with Crippen molar-refractivity contribution in [2.24, 2.45) is 0 Å². The number of fused-ring (bicyclic) bond motifs is 1. The van der Waals surface area contributed by atoms with Gasteiger partial charge in [-0.25, -0.2) is 9.36 Å². The average molecular weight is 576 g/mol. The number of pyridine rings is 1. The van der Waals surface area contributed by atoms with Gasteiger partial charge in [-0.05, 0) is 98.8 Å². The van der Waals surface area contributed by atoms with Gasteiger partial charge >= 0.3 is 12.1 Å². The first-order valence-corrected chi connectivity index (χ1v) is 13.6. The van der Waals surface area contributed by atoms with Crippen molar-refractivity contribution in [3.8, 4) is 11.4 Å². The normalized spacial score (nSPS) is 12.6. The number of ether oxygens (including phenoxy) is 2. The van der Waals surface area contributed by atoms with Gasteiger partial charge < -0.3 is 9.47 Å². The SMILES string of the molecule is CCOC(=O)C(C)(C)Sc1cc2cc(-c3cc(C(C)(C)C)ccn3)n(C(=O)OC(C)(C)C)c2cc1Br. The lowest BCUT2D eigenvalue weighted by Crippen LogP contribution is -2.30. The summed E-state index contributed by atoms with van der Waals surface area (Å²) in [6.45, 7) is 17.8. The third kappa shape index (κ3) is 6.32. The van der Waals surface area contributed by atoms with Crippen LogP contribution in [0.1, 0.15) is 67.9 Å². The number of hydrogen-bond donors (Lipinski definition) is 0. The van der Waals surface area contributed by atoms with Crippen molar-refractivity contribution in [1.82, 2.24) is 9.55 Å². The van der Waals surface area contributed by atoms with Crippen molar-refractivity contribution >= 4 is 50.7 Å². The Kier molecular flexibility index (Phi) is 8.01. The zero-order chi connectivity index (χ0) is 27.1. The maximum Gasteiger partial charge on any atom is 0.419 e. The van der Waals surface area contributed by atoms with Crippen LogP contribution in [0.15, 0.2) is 45.9 Å². The van der Waals surface area contributed by atoms with E-state index in [4.69, 9.17) is 9.47 Å². The van der Waals surface area contributed by atoms with E-state index in [0.717, 1.165) is 20.3 Å². The van der Waals surface area contributed by atoms with Gasteiger partial charge in [0.2, 0.25) is 0 Å². The van der Waals surface area contributed by atoms with Crippen LogP contribution in [0, 0.1) is 0 Å². The summed E-state index contributed by atoms with van der Waals surface area (Å²) in [5.74, 6) is -0.280. The van der Waals surface area contributed by atoms with Crippen molar-refractivity contribution in [3.63, 3.8) is 0 Å². The molecule has 2 heterocycles. The van der Waals surface area contributed by atoms with Crippen LogP contribution in [0.5, 0.6) is 0 Å². The molecule has 0 saturated heterocycles. The van der Waals surface area contributed by atoms with Gasteiger partial charge in [-0.15, -0.1) is 11.8 Å². The van der Waals surface area contributed by atoms with Crippen LogP contribution in [0.4, 0.5) is 4.79 Å². The highest BCUT2D eigenvalue weighted by Gasteiger charge is 2.32. The fourth-order valence-electron chi connectivity index (χ4n) is 3.64. The molecule has 0 radical (unpaired) electrons. The molecule has 0 bridgehead atoms. The summed E-state index contributed by atoms with van der Waals surface area (Å²) in [6, 6.07) is 9.82. The topological polar surface area (TPSA) is 70.4 Å². The monoisotopic (exact) mass is 574 g/mol. The third-order valence-electron chi connectivity index (χ3n) is 5.45. The minimum Gasteiger partial charge on any atom is -0.465 e. The lowest BCUT2D eigenvalue weighted by atomic mass is 9.87. The summed E-state index contributed by atoms with van der Waals surface area (Å²) in [5.41, 5.74) is 2.38. The molecule has 6 nitrogen and oxygen atoms in total. The van der Waals surface area contributed by atoms with Crippen LogP contribution in [0.2, 0.25) is 0 Å². The second-order valence-electron chi connectivity index (χ2n) is 11.2. The van der Waals surface area contributed by atoms with Crippen LogP contribution in [-0.2, 0) is 19.7 Å². The van der Waals surface area contributed by atoms with E-state index in [0.29, 0.717) is 23.5 Å². The molecule has 0 unspecified atom stereocenters. The Morgan fingerprint density at radius 1 is 1.03 bits per heavy atom. The first kappa shape index (κ1) is 28.3. The van der Waals surface area contributed by atoms with Crippen molar-refractivity contribution in [2.75, 3.05) is 6.61 Å². The first-order chi connectivity index (χ1) is 16.5. The first-order valence-electron chi connectivity index (χ1n) is 11.9. The van der Waals surface area contributed by atoms with Gasteiger partial charge in [-0.2, -0.15) is 0 Å². The molecule has 0 saturated carbocycles. The Morgan fingerprint density at radius 2 is 1.69 bits per heavy atom. The highest BCUT2D eigenvalue weighted by Crippen LogP contribution is 2.41. The molecule has 0 aliphatic carbocycles. The zero-order valence-corrected chi connectivity index (χ0v) is 24.9. The van der Waals surface area contributed by atoms with Crippen LogP contribution in [0.25, 0.3) is 22.3 Å². The predicted molar refractivity (Wildman–Crippen MR) is 150 cm³/mol. The number of thioether (sulfide) groups is 1. The number of carbonyl (C=O) groups is 2. The Morgan fingerprint density at radius 3 is 2.28 bits per heavy atom. The second kappa shape index (κ2) is 10.2. The molecule has 0 amide bonds. The van der Waals surface area contributed by atoms with E-state index in [-0.39, 0.29) is 11.4 Å². The summed E-state index contributed by atoms with van der Waals surface area (Å²) in [5, 5.41) is 0.837. The Bertz CT molecular complexity index is 1300. The van der Waals surface area contributed by atoms with Gasteiger partial charge in [0.1, 0.15) is 10.3 Å². The highest BCUT2D eigenvalue weighted by molar-refractivity contribution is 9.10. The molecule has 8 heteroatoms. The van der Waals surface area contributed by atoms with Gasteiger partial charge in [0.25, 0.3) is 0 Å². The molecular formula is C28H35BrN2O4S. The number of benzene rings is 1. The third-order valence-corrected chi connectivity index (χ3v) is 7.61. The van der Waals surface area contributed by atoms with E-state index < -0.39 is 16.4 Å². The number of aromatic nitrogens is 2. The van der Waals surface area contributed by atoms with Crippen LogP contribution >= 0.6 is 27.7 Å². The maximum absolute atomic E-state index is 13.4. The average Bonchev–Trinajstić information content (AvgIpc) is 3.10. The number of nitrogens with zero attached hydrogens (tertiary/aromatic N) is 2. The van der Waals surface area contributed by atoms with Crippen LogP contribution < -0.4 is 0 Å². The summed E-state index contributed by atoms with van der Waals surface area (Å²) in [4.78, 5) is 31.4. The fourth-order valence-corrected chi connectivity index (χ4v) is 5.25. The standard InChI is InChI=1S/C28H35BrN2O4S/c1-10-34-24(32)28(8,9)36-23-14-17-13-22(20-15-18(11-12-30-20)26(2,3)4)31(21(17)16-19(23)29)25(33)35-27(5,6)7/h11-16H,10H2,1-9H3. The maximum atomic E-state index is 13.4. The number of esters is 1. The van der Waals surface area contributed by atoms with E-state index in [1.807, 2.05) is 65.0 Å². The van der Waals surface area contributed by atoms with Crippen molar-refractivity contribution in [3.05, 3.63) is 46.6 Å². The van der Waals surface area contributed by atoms with Gasteiger partial charge in [-0.1, -0.05) is 20.8 Å². The summed E-state index contributed by atoms with van der Waals surface area (Å²) in [6.07, 6.45) is 1.29. The lowest BCUT2D eigenvalue weighted by Gasteiger charge is -2.23. The number of rotatable bonds is 5. The van der Waals surface area contributed by atoms with Crippen molar-refractivity contribution in [1.29, 1.82) is 0 Å². The summed E-state index contributed by atoms with van der Waals surface area (Å²) in [7, 11) is 0. The molecular weight excluding hydrogens is 540 g/mol. The molecule has 36 heavy (non-hydrogen) atoms. The quantitative estimate of drug-likeness (QED) is 0.227. The van der Waals surface area contributed by atoms with E-state index in [9.17, 15) is 9.59 Å². The zero-order valence-electron chi connectivity index (χ0n) is 22.5. The predicted octanol–water partition coefficient (Wildman–Crippen LogP) is 7.98. The van der Waals surface area contributed by atoms with E-state index in [1.165, 1.54) is 11.8 Å². The molecule has 0 N–H and O–H groups in total. The number of hydrogen-bond acceptors (Lipinski definition) is 6. The number of halogens is 1. The minimum atomic E-state index is -0.786. The Labute approximate surface area is 226 Å². The largest absolute Gasteiger partial charge is 0.465 e. The van der Waals surface area contributed by atoms with Crippen molar-refractivity contribution < 1.29 is 19.1 Å². The molecule has 3 aromatic rings. The summed E-state index contributed by atoms with van der Waals surface area (Å²) >= 11 is 5.06. The molecule has 0 atom stereocenters.